The van der Waals surface area contributed by atoms with Crippen LogP contribution in [0.1, 0.15) is 101 Å². The highest BCUT2D eigenvalue weighted by Crippen LogP contribution is 2.28. The van der Waals surface area contributed by atoms with Gasteiger partial charge in [0.25, 0.3) is 0 Å². The number of nitrogens with one attached hydrogen (secondary N) is 2. The molecule has 0 aromatic rings. The van der Waals surface area contributed by atoms with Crippen LogP contribution >= 0.6 is 0 Å². The fourth-order valence-electron chi connectivity index (χ4n) is 3.68. The third kappa shape index (κ3) is 7.15. The highest BCUT2D eigenvalue weighted by Gasteiger charge is 2.36. The predicted molar refractivity (Wildman–Crippen MR) is 97.0 cm³/mol. The Morgan fingerprint density at radius 2 is 0.762 bits per heavy atom. The Bertz CT molecular complexity index is 267. The molecule has 0 amide bonds. The number of hydrogen-bond acceptors (Lipinski definition) is 2. The van der Waals surface area contributed by atoms with Gasteiger partial charge in [-0.25, -0.2) is 0 Å². The molecule has 0 saturated heterocycles. The lowest BCUT2D eigenvalue weighted by molar-refractivity contribution is 0.151. The van der Waals surface area contributed by atoms with Gasteiger partial charge in [-0.1, -0.05) is 27.7 Å². The van der Waals surface area contributed by atoms with Crippen molar-refractivity contribution < 1.29 is 0 Å². The van der Waals surface area contributed by atoms with Crippen molar-refractivity contribution in [2.75, 3.05) is 0 Å². The van der Waals surface area contributed by atoms with Gasteiger partial charge >= 0.3 is 0 Å². The second-order valence-corrected chi connectivity index (χ2v) is 8.73. The minimum Gasteiger partial charge on any atom is -0.307 e. The van der Waals surface area contributed by atoms with Crippen LogP contribution in [-0.2, 0) is 0 Å². The first-order chi connectivity index (χ1) is 9.36. The minimum atomic E-state index is 0.125. The van der Waals surface area contributed by atoms with Gasteiger partial charge in [-0.05, 0) is 73.6 Å². The SMILES string of the molecule is CCC(C)(CC)NC(C)(C)CC(C)(C)NC(C)(CC)CC. The van der Waals surface area contributed by atoms with E-state index in [2.05, 4.69) is 79.9 Å². The van der Waals surface area contributed by atoms with E-state index in [1.165, 1.54) is 25.7 Å². The van der Waals surface area contributed by atoms with Crippen LogP contribution < -0.4 is 10.6 Å². The third-order valence-corrected chi connectivity index (χ3v) is 5.29. The summed E-state index contributed by atoms with van der Waals surface area (Å²) in [5, 5.41) is 7.81. The van der Waals surface area contributed by atoms with E-state index in [0.29, 0.717) is 0 Å². The Balaban J connectivity index is 4.90. The summed E-state index contributed by atoms with van der Waals surface area (Å²) in [6.07, 6.45) is 5.79. The largest absolute Gasteiger partial charge is 0.307 e. The standard InChI is InChI=1S/C19H42N2/c1-11-18(9,12-2)20-16(5,6)15-17(7,8)21-19(10,13-3)14-4/h20-21H,11-15H2,1-10H3. The molecule has 128 valence electrons. The van der Waals surface area contributed by atoms with Gasteiger partial charge in [0, 0.05) is 22.2 Å². The first kappa shape index (κ1) is 20.9. The second kappa shape index (κ2) is 7.46. The van der Waals surface area contributed by atoms with Gasteiger partial charge in [0.05, 0.1) is 0 Å². The Labute approximate surface area is 134 Å². The molecule has 2 nitrogen and oxygen atoms in total. The minimum absolute atomic E-state index is 0.125. The van der Waals surface area contributed by atoms with E-state index in [1.54, 1.807) is 0 Å². The normalized spacial score (nSPS) is 14.6. The molecule has 0 aliphatic rings. The van der Waals surface area contributed by atoms with E-state index in [9.17, 15) is 0 Å². The van der Waals surface area contributed by atoms with Crippen molar-refractivity contribution in [2.45, 2.75) is 123 Å². The summed E-state index contributed by atoms with van der Waals surface area (Å²) in [6, 6.07) is 0. The van der Waals surface area contributed by atoms with E-state index < -0.39 is 0 Å². The van der Waals surface area contributed by atoms with Crippen molar-refractivity contribution in [1.29, 1.82) is 0 Å². The summed E-state index contributed by atoms with van der Waals surface area (Å²) in [7, 11) is 0. The maximum Gasteiger partial charge on any atom is 0.0153 e. The molecule has 0 bridgehead atoms. The third-order valence-electron chi connectivity index (χ3n) is 5.29. The van der Waals surface area contributed by atoms with E-state index in [4.69, 9.17) is 0 Å². The van der Waals surface area contributed by atoms with Gasteiger partial charge in [-0.3, -0.25) is 0 Å². The van der Waals surface area contributed by atoms with Gasteiger partial charge in [0.2, 0.25) is 0 Å². The second-order valence-electron chi connectivity index (χ2n) is 8.73. The average molecular weight is 299 g/mol. The van der Waals surface area contributed by atoms with Crippen LogP contribution in [0.25, 0.3) is 0 Å². The summed E-state index contributed by atoms with van der Waals surface area (Å²) in [4.78, 5) is 0. The summed E-state index contributed by atoms with van der Waals surface area (Å²) in [5.41, 5.74) is 0.718. The Morgan fingerprint density at radius 3 is 0.952 bits per heavy atom. The zero-order valence-corrected chi connectivity index (χ0v) is 16.5. The molecule has 0 aliphatic heterocycles. The van der Waals surface area contributed by atoms with Crippen molar-refractivity contribution in [1.82, 2.24) is 10.6 Å². The zero-order chi connectivity index (χ0) is 16.9. The van der Waals surface area contributed by atoms with Gasteiger partial charge in [0.15, 0.2) is 0 Å². The first-order valence-corrected chi connectivity index (χ1v) is 8.95. The fraction of sp³-hybridized carbons (Fsp3) is 1.00. The lowest BCUT2D eigenvalue weighted by atomic mass is 9.81. The molecular formula is C19H42N2. The molecular weight excluding hydrogens is 256 g/mol. The maximum atomic E-state index is 3.91. The fourth-order valence-corrected chi connectivity index (χ4v) is 3.68. The lowest BCUT2D eigenvalue weighted by Crippen LogP contribution is -2.60. The van der Waals surface area contributed by atoms with Crippen molar-refractivity contribution >= 4 is 0 Å². The van der Waals surface area contributed by atoms with Crippen LogP contribution in [0, 0.1) is 0 Å². The molecule has 21 heavy (non-hydrogen) atoms. The molecule has 0 saturated carbocycles. The number of rotatable bonds is 10. The molecule has 0 radical (unpaired) electrons. The molecule has 0 rings (SSSR count). The van der Waals surface area contributed by atoms with Crippen LogP contribution in [0.2, 0.25) is 0 Å². The van der Waals surface area contributed by atoms with Gasteiger partial charge in [-0.2, -0.15) is 0 Å². The summed E-state index contributed by atoms with van der Waals surface area (Å²) < 4.78 is 0. The zero-order valence-electron chi connectivity index (χ0n) is 16.5. The molecule has 0 aromatic carbocycles. The van der Waals surface area contributed by atoms with Crippen molar-refractivity contribution in [2.24, 2.45) is 0 Å². The Morgan fingerprint density at radius 1 is 0.524 bits per heavy atom. The van der Waals surface area contributed by atoms with Crippen molar-refractivity contribution in [3.63, 3.8) is 0 Å². The smallest absolute Gasteiger partial charge is 0.0153 e. The highest BCUT2D eigenvalue weighted by atomic mass is 15.1. The van der Waals surface area contributed by atoms with Crippen LogP contribution in [0.15, 0.2) is 0 Å². The lowest BCUT2D eigenvalue weighted by Gasteiger charge is -2.46. The Kier molecular flexibility index (Phi) is 7.43. The number of hydrogen-bond donors (Lipinski definition) is 2. The van der Waals surface area contributed by atoms with E-state index in [0.717, 1.165) is 6.42 Å². The van der Waals surface area contributed by atoms with Gasteiger partial charge < -0.3 is 10.6 Å². The van der Waals surface area contributed by atoms with Gasteiger partial charge in [-0.15, -0.1) is 0 Å². The quantitative estimate of drug-likeness (QED) is 0.574. The molecule has 0 atom stereocenters. The Hall–Kier alpha value is -0.0800. The average Bonchev–Trinajstić information content (AvgIpc) is 2.35. The predicted octanol–water partition coefficient (Wildman–Crippen LogP) is 5.27. The van der Waals surface area contributed by atoms with Crippen LogP contribution in [-0.4, -0.2) is 22.2 Å². The molecule has 0 heterocycles. The van der Waals surface area contributed by atoms with E-state index in [1.807, 2.05) is 0 Å². The monoisotopic (exact) mass is 298 g/mol. The topological polar surface area (TPSA) is 24.1 Å². The molecule has 2 heteroatoms. The molecule has 0 fully saturated rings. The first-order valence-electron chi connectivity index (χ1n) is 8.95. The van der Waals surface area contributed by atoms with Gasteiger partial charge in [0.1, 0.15) is 0 Å². The highest BCUT2D eigenvalue weighted by molar-refractivity contribution is 4.98. The van der Waals surface area contributed by atoms with E-state index >= 15 is 0 Å². The maximum absolute atomic E-state index is 3.91. The molecule has 2 N–H and O–H groups in total. The van der Waals surface area contributed by atoms with E-state index in [-0.39, 0.29) is 22.2 Å². The van der Waals surface area contributed by atoms with Crippen molar-refractivity contribution in [3.8, 4) is 0 Å². The molecule has 0 unspecified atom stereocenters. The summed E-state index contributed by atoms with van der Waals surface area (Å²) >= 11 is 0. The molecule has 0 aromatic heterocycles. The summed E-state index contributed by atoms with van der Waals surface area (Å²) in [5.74, 6) is 0. The van der Waals surface area contributed by atoms with Crippen molar-refractivity contribution in [3.05, 3.63) is 0 Å². The summed E-state index contributed by atoms with van der Waals surface area (Å²) in [6.45, 7) is 23.2. The van der Waals surface area contributed by atoms with Crippen LogP contribution in [0.3, 0.4) is 0 Å². The molecule has 0 aliphatic carbocycles. The molecule has 0 spiro atoms. The van der Waals surface area contributed by atoms with Crippen LogP contribution in [0.5, 0.6) is 0 Å². The van der Waals surface area contributed by atoms with Crippen LogP contribution in [0.4, 0.5) is 0 Å².